The molecule has 0 aromatic carbocycles. The molecule has 0 spiro atoms. The van der Waals surface area contributed by atoms with Crippen molar-refractivity contribution in [3.63, 3.8) is 0 Å². The summed E-state index contributed by atoms with van der Waals surface area (Å²) in [7, 11) is 0. The zero-order valence-corrected chi connectivity index (χ0v) is 4.16. The third kappa shape index (κ3) is 4.69. The second-order valence-corrected chi connectivity index (χ2v) is 1.09. The first-order valence-electron chi connectivity index (χ1n) is 2.04. The molecule has 0 saturated carbocycles. The van der Waals surface area contributed by atoms with Crippen molar-refractivity contribution in [2.75, 3.05) is 6.54 Å². The maximum absolute atomic E-state index is 9.57. The molecule has 0 rings (SSSR count). The van der Waals surface area contributed by atoms with E-state index in [2.05, 4.69) is 0 Å². The van der Waals surface area contributed by atoms with E-state index in [9.17, 15) is 4.91 Å². The maximum atomic E-state index is 9.57. The monoisotopic (exact) mass is 116 g/mol. The van der Waals surface area contributed by atoms with Crippen molar-refractivity contribution in [2.24, 2.45) is 0 Å². The Morgan fingerprint density at radius 2 is 2.50 bits per heavy atom. The Morgan fingerprint density at radius 3 is 2.88 bits per heavy atom. The molecule has 0 radical (unpaired) electrons. The molecule has 0 aromatic heterocycles. The molecule has 0 fully saturated rings. The molecular formula is C3H6N3O2+. The van der Waals surface area contributed by atoms with Crippen LogP contribution in [0.2, 0.25) is 0 Å². The van der Waals surface area contributed by atoms with E-state index >= 15 is 0 Å². The average molecular weight is 116 g/mol. The standard InChI is InChI=1S/C3H6N3O2/c4-2-1-3-5-6(7)8/h5H,1,3H2,(H,7,8)/q+1. The lowest BCUT2D eigenvalue weighted by atomic mass is 10.5. The molecule has 0 aromatic rings. The van der Waals surface area contributed by atoms with Gasteiger partial charge in [-0.05, 0) is 0 Å². The molecule has 5 nitrogen and oxygen atoms in total. The normalized spacial score (nSPS) is 7.38. The first-order valence-corrected chi connectivity index (χ1v) is 2.04. The molecule has 5 heteroatoms. The SMILES string of the molecule is N#CCCN[N+](=O)O. The van der Waals surface area contributed by atoms with Crippen LogP contribution in [0.3, 0.4) is 0 Å². The Kier molecular flexibility index (Phi) is 3.23. The number of hydrogen-bond donors (Lipinski definition) is 2. The smallest absolute Gasteiger partial charge is 0.219 e. The lowest BCUT2D eigenvalue weighted by molar-refractivity contribution is -0.832. The predicted octanol–water partition coefficient (Wildman–Crippen LogP) is -0.427. The van der Waals surface area contributed by atoms with Gasteiger partial charge in [-0.2, -0.15) is 5.26 Å². The third-order valence-corrected chi connectivity index (χ3v) is 0.484. The van der Waals surface area contributed by atoms with Crippen molar-refractivity contribution in [2.45, 2.75) is 6.42 Å². The molecule has 0 aliphatic heterocycles. The molecule has 2 N–H and O–H groups in total. The highest BCUT2D eigenvalue weighted by Crippen LogP contribution is 1.66. The van der Waals surface area contributed by atoms with Crippen LogP contribution in [0.4, 0.5) is 0 Å². The van der Waals surface area contributed by atoms with Crippen molar-refractivity contribution in [1.29, 1.82) is 5.26 Å². The summed E-state index contributed by atoms with van der Waals surface area (Å²) in [5.41, 5.74) is 1.96. The summed E-state index contributed by atoms with van der Waals surface area (Å²) in [5.74, 6) is 0. The van der Waals surface area contributed by atoms with Crippen molar-refractivity contribution in [1.82, 2.24) is 5.43 Å². The molecule has 8 heavy (non-hydrogen) atoms. The first-order chi connectivity index (χ1) is 3.77. The van der Waals surface area contributed by atoms with Crippen LogP contribution in [-0.2, 0) is 0 Å². The minimum absolute atomic E-state index is 0.177. The average Bonchev–Trinajstić information content (AvgIpc) is 1.66. The summed E-state index contributed by atoms with van der Waals surface area (Å²) in [6, 6.07) is 1.78. The summed E-state index contributed by atoms with van der Waals surface area (Å²) in [6.45, 7) is 0.177. The Labute approximate surface area is 46.0 Å². The molecule has 0 bridgehead atoms. The number of nitriles is 1. The van der Waals surface area contributed by atoms with Gasteiger partial charge in [0.15, 0.2) is 0 Å². The fourth-order valence-electron chi connectivity index (χ4n) is 0.207. The Balaban J connectivity index is 2.97. The minimum Gasteiger partial charge on any atom is -0.219 e. The maximum Gasteiger partial charge on any atom is 0.354 e. The number of rotatable bonds is 3. The molecule has 0 heterocycles. The highest BCUT2D eigenvalue weighted by atomic mass is 16.7. The lowest BCUT2D eigenvalue weighted by Gasteiger charge is -1.80. The topological polar surface area (TPSA) is 76.1 Å². The number of hydrazine groups is 1. The summed E-state index contributed by atoms with van der Waals surface area (Å²) in [6.07, 6.45) is 0.208. The quantitative estimate of drug-likeness (QED) is 0.387. The van der Waals surface area contributed by atoms with E-state index in [4.69, 9.17) is 10.5 Å². The van der Waals surface area contributed by atoms with Gasteiger partial charge >= 0.3 is 5.03 Å². The van der Waals surface area contributed by atoms with Crippen LogP contribution in [0, 0.1) is 16.2 Å². The van der Waals surface area contributed by atoms with Gasteiger partial charge in [-0.1, -0.05) is 0 Å². The molecule has 0 unspecified atom stereocenters. The van der Waals surface area contributed by atoms with Gasteiger partial charge in [0.05, 0.1) is 19.0 Å². The molecule has 0 amide bonds. The van der Waals surface area contributed by atoms with Gasteiger partial charge < -0.3 is 0 Å². The fourth-order valence-corrected chi connectivity index (χ4v) is 0.207. The van der Waals surface area contributed by atoms with Crippen LogP contribution >= 0.6 is 0 Å². The van der Waals surface area contributed by atoms with Gasteiger partial charge in [-0.25, -0.2) is 5.21 Å². The fraction of sp³-hybridized carbons (Fsp3) is 0.667. The largest absolute Gasteiger partial charge is 0.354 e. The van der Waals surface area contributed by atoms with Crippen LogP contribution in [0.5, 0.6) is 0 Å². The Bertz CT molecular complexity index is 116. The van der Waals surface area contributed by atoms with Gasteiger partial charge in [0.2, 0.25) is 0 Å². The van der Waals surface area contributed by atoms with Crippen LogP contribution < -0.4 is 5.43 Å². The zero-order valence-electron chi connectivity index (χ0n) is 4.16. The van der Waals surface area contributed by atoms with E-state index in [1.807, 2.05) is 5.43 Å². The molecule has 0 aliphatic rings. The second kappa shape index (κ2) is 3.87. The van der Waals surface area contributed by atoms with Gasteiger partial charge in [0, 0.05) is 0 Å². The first kappa shape index (κ1) is 6.69. The van der Waals surface area contributed by atoms with Crippen molar-refractivity contribution >= 4 is 0 Å². The predicted molar refractivity (Wildman–Crippen MR) is 23.6 cm³/mol. The number of nitrogens with zero attached hydrogens (tertiary/aromatic N) is 2. The van der Waals surface area contributed by atoms with Crippen molar-refractivity contribution in [3.8, 4) is 6.07 Å². The lowest BCUT2D eigenvalue weighted by Crippen LogP contribution is -2.23. The highest BCUT2D eigenvalue weighted by Gasteiger charge is 1.96. The summed E-state index contributed by atoms with van der Waals surface area (Å²) in [4.78, 5) is 9.57. The Morgan fingerprint density at radius 1 is 1.88 bits per heavy atom. The summed E-state index contributed by atoms with van der Waals surface area (Å²) >= 11 is 0. The van der Waals surface area contributed by atoms with Crippen LogP contribution in [0.1, 0.15) is 6.42 Å². The molecule has 0 saturated heterocycles. The van der Waals surface area contributed by atoms with E-state index < -0.39 is 5.03 Å². The summed E-state index contributed by atoms with van der Waals surface area (Å²) < 4.78 is 0. The van der Waals surface area contributed by atoms with E-state index in [0.717, 1.165) is 0 Å². The van der Waals surface area contributed by atoms with E-state index in [1.165, 1.54) is 0 Å². The minimum atomic E-state index is -0.419. The molecular weight excluding hydrogens is 110 g/mol. The number of nitrogens with one attached hydrogen (secondary N) is 1. The van der Waals surface area contributed by atoms with Gasteiger partial charge in [-0.3, -0.25) is 0 Å². The number of hydrogen-bond acceptors (Lipinski definition) is 2. The highest BCUT2D eigenvalue weighted by molar-refractivity contribution is 4.67. The van der Waals surface area contributed by atoms with Crippen LogP contribution in [-0.4, -0.2) is 16.8 Å². The van der Waals surface area contributed by atoms with Gasteiger partial charge in [-0.15, -0.1) is 5.43 Å². The van der Waals surface area contributed by atoms with Gasteiger partial charge in [0.25, 0.3) is 0 Å². The molecule has 0 aliphatic carbocycles. The van der Waals surface area contributed by atoms with E-state index in [0.29, 0.717) is 0 Å². The summed E-state index contributed by atoms with van der Waals surface area (Å²) in [5, 5.41) is 15.3. The third-order valence-electron chi connectivity index (χ3n) is 0.484. The van der Waals surface area contributed by atoms with Crippen LogP contribution in [0.15, 0.2) is 0 Å². The van der Waals surface area contributed by atoms with E-state index in [1.54, 1.807) is 6.07 Å². The van der Waals surface area contributed by atoms with Crippen molar-refractivity contribution in [3.05, 3.63) is 4.91 Å². The van der Waals surface area contributed by atoms with Crippen LogP contribution in [0.25, 0.3) is 0 Å². The zero-order chi connectivity index (χ0) is 6.41. The van der Waals surface area contributed by atoms with Crippen molar-refractivity contribution < 1.29 is 10.2 Å². The van der Waals surface area contributed by atoms with E-state index in [-0.39, 0.29) is 13.0 Å². The van der Waals surface area contributed by atoms with Gasteiger partial charge in [0.1, 0.15) is 4.91 Å². The molecule has 0 atom stereocenters. The second-order valence-electron chi connectivity index (χ2n) is 1.09. The Hall–Kier alpha value is -1.31. The molecule has 44 valence electrons.